The van der Waals surface area contributed by atoms with Crippen LogP contribution >= 0.6 is 0 Å². The molecule has 0 bridgehead atoms. The number of nitrogens with zero attached hydrogens (tertiary/aromatic N) is 3. The molecule has 0 aromatic rings. The molecule has 0 radical (unpaired) electrons. The van der Waals surface area contributed by atoms with Gasteiger partial charge in [0.15, 0.2) is 25.3 Å². The van der Waals surface area contributed by atoms with Gasteiger partial charge in [0.1, 0.15) is 12.9 Å². The molecule has 0 aromatic heterocycles. The van der Waals surface area contributed by atoms with Crippen LogP contribution in [0.4, 0.5) is 14.4 Å². The van der Waals surface area contributed by atoms with Crippen LogP contribution in [0.25, 0.3) is 0 Å². The highest BCUT2D eigenvalue weighted by molar-refractivity contribution is 5.66. The molecule has 0 N–H and O–H groups in total. The van der Waals surface area contributed by atoms with E-state index in [2.05, 4.69) is 20.9 Å². The number of ether oxygens (including phenoxy) is 3. The smallest absolute Gasteiger partial charge is 0.415 e. The molecule has 9 heteroatoms. The fourth-order valence-electron chi connectivity index (χ4n) is 3.24. The molecule has 1 saturated carbocycles. The zero-order valence-corrected chi connectivity index (χ0v) is 19.8. The van der Waals surface area contributed by atoms with E-state index in [4.69, 9.17) is 0 Å². The lowest BCUT2D eigenvalue weighted by molar-refractivity contribution is -0.483. The van der Waals surface area contributed by atoms with E-state index in [1.807, 2.05) is 13.1 Å². The molecular weight excluding hydrogens is 402 g/mol. The van der Waals surface area contributed by atoms with E-state index < -0.39 is 0 Å². The summed E-state index contributed by atoms with van der Waals surface area (Å²) >= 11 is 0. The topological polar surface area (TPSA) is 87.9 Å². The molecule has 0 unspecified atom stereocenters. The Balaban J connectivity index is 0.000000441. The number of methoxy groups -OCH3 is 3. The van der Waals surface area contributed by atoms with E-state index in [1.54, 1.807) is 17.7 Å². The first-order chi connectivity index (χ1) is 14.9. The first-order valence-electron chi connectivity index (χ1n) is 10.9. The quantitative estimate of drug-likeness (QED) is 0.368. The molecule has 31 heavy (non-hydrogen) atoms. The summed E-state index contributed by atoms with van der Waals surface area (Å²) in [5.41, 5.74) is 0. The molecule has 2 aliphatic rings. The van der Waals surface area contributed by atoms with Gasteiger partial charge < -0.3 is 14.2 Å². The third-order valence-electron chi connectivity index (χ3n) is 5.10. The number of rotatable bonds is 2. The maximum atomic E-state index is 11.1. The van der Waals surface area contributed by atoms with Crippen LogP contribution in [-0.4, -0.2) is 91.6 Å². The molecule has 0 spiro atoms. The van der Waals surface area contributed by atoms with Crippen molar-refractivity contribution in [3.63, 3.8) is 0 Å². The molecule has 1 aliphatic heterocycles. The van der Waals surface area contributed by atoms with Crippen molar-refractivity contribution in [1.82, 2.24) is 0 Å². The van der Waals surface area contributed by atoms with Crippen LogP contribution < -0.4 is 0 Å². The van der Waals surface area contributed by atoms with Crippen molar-refractivity contribution in [2.45, 2.75) is 71.3 Å². The Hall–Kier alpha value is -2.58. The minimum atomic E-state index is -0.318. The molecule has 1 aliphatic carbocycles. The van der Waals surface area contributed by atoms with Crippen molar-refractivity contribution >= 4 is 37.4 Å². The second-order valence-corrected chi connectivity index (χ2v) is 7.09. The highest BCUT2D eigenvalue weighted by Gasteiger charge is 2.28. The second-order valence-electron chi connectivity index (χ2n) is 7.09. The molecule has 0 atom stereocenters. The van der Waals surface area contributed by atoms with Crippen LogP contribution in [0.1, 0.15) is 65.2 Å². The lowest BCUT2D eigenvalue weighted by Gasteiger charge is -2.16. The Morgan fingerprint density at radius 2 is 1.61 bits per heavy atom. The van der Waals surface area contributed by atoms with Crippen LogP contribution in [0, 0.1) is 0 Å². The summed E-state index contributed by atoms with van der Waals surface area (Å²) in [7, 11) is 4.17. The molecule has 3 amide bonds. The van der Waals surface area contributed by atoms with Crippen molar-refractivity contribution < 1.29 is 42.3 Å². The zero-order chi connectivity index (χ0) is 23.6. The van der Waals surface area contributed by atoms with E-state index in [9.17, 15) is 14.4 Å². The number of carbonyl (C=O) groups excluding carboxylic acids is 3. The van der Waals surface area contributed by atoms with Crippen molar-refractivity contribution in [1.29, 1.82) is 0 Å². The van der Waals surface area contributed by atoms with E-state index in [0.717, 1.165) is 32.2 Å². The molecule has 0 aromatic carbocycles. The van der Waals surface area contributed by atoms with Gasteiger partial charge in [-0.15, -0.1) is 13.7 Å². The summed E-state index contributed by atoms with van der Waals surface area (Å²) in [6.45, 7) is 8.84. The van der Waals surface area contributed by atoms with Crippen molar-refractivity contribution in [2.24, 2.45) is 0 Å². The van der Waals surface area contributed by atoms with Crippen LogP contribution in [0.3, 0.4) is 0 Å². The predicted octanol–water partition coefficient (Wildman–Crippen LogP) is 3.69. The van der Waals surface area contributed by atoms with Crippen LogP contribution in [0.5, 0.6) is 0 Å². The molecule has 2 rings (SSSR count). The van der Waals surface area contributed by atoms with Gasteiger partial charge in [0.25, 0.3) is 0 Å². The minimum Gasteiger partial charge on any atom is -0.415 e. The van der Waals surface area contributed by atoms with E-state index in [-0.39, 0.29) is 18.3 Å². The van der Waals surface area contributed by atoms with Gasteiger partial charge in [-0.05, 0) is 26.2 Å². The summed E-state index contributed by atoms with van der Waals surface area (Å²) < 4.78 is 18.2. The van der Waals surface area contributed by atoms with Gasteiger partial charge in [-0.3, -0.25) is 0 Å². The average Bonchev–Trinajstić information content (AvgIpc) is 2.85. The predicted molar refractivity (Wildman–Crippen MR) is 119 cm³/mol. The molecule has 1 fully saturated rings. The van der Waals surface area contributed by atoms with Crippen molar-refractivity contribution in [3.05, 3.63) is 0 Å². The fraction of sp³-hybridized carbons (Fsp3) is 0.727. The zero-order valence-electron chi connectivity index (χ0n) is 19.8. The van der Waals surface area contributed by atoms with Gasteiger partial charge in [0.05, 0.1) is 21.3 Å². The van der Waals surface area contributed by atoms with E-state index in [0.29, 0.717) is 12.6 Å². The SMILES string of the molecule is C/C=[N+](/CC)C(=O)OC.C=[N+](C(=O)OC)C1CCCCC1.COC(=O)[N+]1=CCCCC1. The van der Waals surface area contributed by atoms with E-state index in [1.165, 1.54) is 56.2 Å². The summed E-state index contributed by atoms with van der Waals surface area (Å²) in [5, 5.41) is 0. The maximum absolute atomic E-state index is 11.1. The standard InChI is InChI=1S/C9H16NO2.C7H12NO2.C6H12NO2/c1-10(9(11)12-2)8-6-4-3-5-7-8;1-10-7(9)8-5-3-2-4-6-8;1-4-7(5-2)6(8)9-3/h8H,1,3-7H2,2H3;5H,2-4,6H2,1H3;4H,5H2,1-3H3/q3*+1/b;;7-4-. The summed E-state index contributed by atoms with van der Waals surface area (Å²) in [5.74, 6) is 0. The highest BCUT2D eigenvalue weighted by Crippen LogP contribution is 2.19. The maximum Gasteiger partial charge on any atom is 0.595 e. The normalized spacial score (nSPS) is 16.3. The van der Waals surface area contributed by atoms with Gasteiger partial charge in [-0.1, -0.05) is 6.42 Å². The van der Waals surface area contributed by atoms with Crippen molar-refractivity contribution in [2.75, 3.05) is 34.4 Å². The number of amides is 3. The Morgan fingerprint density at radius 3 is 2.00 bits per heavy atom. The number of hydrogen-bond donors (Lipinski definition) is 0. The molecule has 0 saturated heterocycles. The molecule has 9 nitrogen and oxygen atoms in total. The third kappa shape index (κ3) is 11.4. The van der Waals surface area contributed by atoms with Gasteiger partial charge in [-0.2, -0.15) is 14.4 Å². The van der Waals surface area contributed by atoms with Gasteiger partial charge in [0, 0.05) is 32.6 Å². The fourth-order valence-corrected chi connectivity index (χ4v) is 3.24. The Kier molecular flexibility index (Phi) is 15.7. The number of hydrogen-bond acceptors (Lipinski definition) is 6. The van der Waals surface area contributed by atoms with Crippen molar-refractivity contribution in [3.8, 4) is 0 Å². The van der Waals surface area contributed by atoms with Crippen LogP contribution in [0.15, 0.2) is 0 Å². The largest absolute Gasteiger partial charge is 0.595 e. The van der Waals surface area contributed by atoms with Crippen LogP contribution in [-0.2, 0) is 14.2 Å². The molecule has 1 heterocycles. The van der Waals surface area contributed by atoms with Gasteiger partial charge >= 0.3 is 18.3 Å². The highest BCUT2D eigenvalue weighted by atomic mass is 16.5. The van der Waals surface area contributed by atoms with Gasteiger partial charge in [0.2, 0.25) is 0 Å². The van der Waals surface area contributed by atoms with Gasteiger partial charge in [-0.25, -0.2) is 0 Å². The van der Waals surface area contributed by atoms with Crippen LogP contribution in [0.2, 0.25) is 0 Å². The first kappa shape index (κ1) is 28.4. The Labute approximate surface area is 186 Å². The monoisotopic (exact) mass is 442 g/mol. The summed E-state index contributed by atoms with van der Waals surface area (Å²) in [6, 6.07) is 0.297. The first-order valence-corrected chi connectivity index (χ1v) is 10.9. The Morgan fingerprint density at radius 1 is 1.00 bits per heavy atom. The summed E-state index contributed by atoms with van der Waals surface area (Å²) in [4.78, 5) is 32.5. The molecular formula is C22H40N3O6+3. The molecule has 176 valence electrons. The lowest BCUT2D eigenvalue weighted by atomic mass is 9.95. The van der Waals surface area contributed by atoms with E-state index >= 15 is 0 Å². The second kappa shape index (κ2) is 17.1. The Bertz CT molecular complexity index is 652. The summed E-state index contributed by atoms with van der Waals surface area (Å²) in [6.07, 6.45) is 11.8. The average molecular weight is 443 g/mol. The third-order valence-corrected chi connectivity index (χ3v) is 5.10. The number of carbonyl (C=O) groups is 3. The lowest BCUT2D eigenvalue weighted by Crippen LogP contribution is -2.32. The minimum absolute atomic E-state index is 0.236.